The van der Waals surface area contributed by atoms with Gasteiger partial charge >= 0.3 is 0 Å². The number of carbonyl (C=O) groups excluding carboxylic acids is 2. The van der Waals surface area contributed by atoms with E-state index in [0.29, 0.717) is 29.2 Å². The van der Waals surface area contributed by atoms with Gasteiger partial charge in [0.15, 0.2) is 11.5 Å². The molecule has 3 aromatic rings. The van der Waals surface area contributed by atoms with Gasteiger partial charge in [0.25, 0.3) is 5.91 Å². The van der Waals surface area contributed by atoms with Crippen LogP contribution in [-0.4, -0.2) is 43.0 Å². The Hall–Kier alpha value is -3.87. The highest BCUT2D eigenvalue weighted by Crippen LogP contribution is 2.43. The van der Waals surface area contributed by atoms with Gasteiger partial charge in [0.1, 0.15) is 0 Å². The Morgan fingerprint density at radius 3 is 2.56 bits per heavy atom. The van der Waals surface area contributed by atoms with Crippen LogP contribution < -0.4 is 14.8 Å². The third-order valence-corrected chi connectivity index (χ3v) is 5.80. The molecule has 164 valence electrons. The van der Waals surface area contributed by atoms with Crippen LogP contribution in [0.1, 0.15) is 39.0 Å². The van der Waals surface area contributed by atoms with Crippen LogP contribution in [0.15, 0.2) is 67.0 Å². The van der Waals surface area contributed by atoms with Crippen LogP contribution in [0.2, 0.25) is 0 Å². The molecule has 2 amide bonds. The molecule has 0 aliphatic carbocycles. The van der Waals surface area contributed by atoms with Gasteiger partial charge < -0.3 is 19.7 Å². The first-order chi connectivity index (χ1) is 15.5. The molecule has 0 saturated carbocycles. The largest absolute Gasteiger partial charge is 0.493 e. The van der Waals surface area contributed by atoms with Gasteiger partial charge in [-0.25, -0.2) is 0 Å². The van der Waals surface area contributed by atoms with E-state index in [9.17, 15) is 9.59 Å². The van der Waals surface area contributed by atoms with Gasteiger partial charge in [0, 0.05) is 31.5 Å². The number of hydrogen-bond donors (Lipinski definition) is 1. The number of carbonyl (C=O) groups is 2. The summed E-state index contributed by atoms with van der Waals surface area (Å²) in [6.45, 7) is 0.349. The number of aromatic nitrogens is 1. The maximum Gasteiger partial charge on any atom is 0.254 e. The normalized spacial score (nSPS) is 17.5. The van der Waals surface area contributed by atoms with Crippen LogP contribution in [0, 0.1) is 0 Å². The van der Waals surface area contributed by atoms with E-state index in [-0.39, 0.29) is 11.8 Å². The second-order valence-electron chi connectivity index (χ2n) is 7.62. The first-order valence-corrected chi connectivity index (χ1v) is 10.3. The molecule has 0 radical (unpaired) electrons. The number of nitrogens with one attached hydrogen (secondary N) is 1. The zero-order valence-electron chi connectivity index (χ0n) is 18.2. The Kier molecular flexibility index (Phi) is 6.07. The minimum absolute atomic E-state index is 0.128. The van der Waals surface area contributed by atoms with Crippen LogP contribution in [-0.2, 0) is 11.3 Å². The van der Waals surface area contributed by atoms with Crippen LogP contribution in [0.5, 0.6) is 11.5 Å². The summed E-state index contributed by atoms with van der Waals surface area (Å²) in [6, 6.07) is 16.0. The summed E-state index contributed by atoms with van der Waals surface area (Å²) in [7, 11) is 4.85. The number of likely N-dealkylation sites (N-methyl/N-ethyl adjacent to an activating group) is 1. The molecule has 4 rings (SSSR count). The summed E-state index contributed by atoms with van der Waals surface area (Å²) in [5.74, 6) is 0.235. The molecule has 0 bridgehead atoms. The maximum absolute atomic E-state index is 13.5. The number of nitrogens with zero attached hydrogens (tertiary/aromatic N) is 2. The molecule has 7 nitrogen and oxygen atoms in total. The highest BCUT2D eigenvalue weighted by molar-refractivity contribution is 6.01. The Balaban J connectivity index is 1.76. The average molecular weight is 431 g/mol. The first kappa shape index (κ1) is 21.4. The number of amides is 2. The fraction of sp³-hybridized carbons (Fsp3) is 0.240. The molecule has 2 aromatic carbocycles. The van der Waals surface area contributed by atoms with E-state index in [0.717, 1.165) is 11.1 Å². The first-order valence-electron chi connectivity index (χ1n) is 10.3. The van der Waals surface area contributed by atoms with Crippen LogP contribution in [0.25, 0.3) is 0 Å². The van der Waals surface area contributed by atoms with Crippen molar-refractivity contribution in [3.8, 4) is 11.5 Å². The van der Waals surface area contributed by atoms with E-state index in [4.69, 9.17) is 9.47 Å². The summed E-state index contributed by atoms with van der Waals surface area (Å²) in [5.41, 5.74) is 2.93. The van der Waals surface area contributed by atoms with Gasteiger partial charge in [-0.05, 0) is 41.0 Å². The zero-order chi connectivity index (χ0) is 22.7. The molecule has 0 spiro atoms. The fourth-order valence-corrected chi connectivity index (χ4v) is 4.21. The van der Waals surface area contributed by atoms with Crippen LogP contribution >= 0.6 is 0 Å². The molecule has 2 heterocycles. The number of hydrogen-bond acceptors (Lipinski definition) is 5. The molecule has 32 heavy (non-hydrogen) atoms. The minimum Gasteiger partial charge on any atom is -0.493 e. The molecule has 1 aliphatic rings. The molecular weight excluding hydrogens is 406 g/mol. The Morgan fingerprint density at radius 2 is 1.84 bits per heavy atom. The van der Waals surface area contributed by atoms with Crippen molar-refractivity contribution in [2.24, 2.45) is 0 Å². The predicted molar refractivity (Wildman–Crippen MR) is 120 cm³/mol. The average Bonchev–Trinajstić information content (AvgIpc) is 2.84. The molecule has 0 saturated heterocycles. The molecule has 2 atom stereocenters. The number of fused-ring (bicyclic) bond motifs is 1. The number of methoxy groups -OCH3 is 2. The Labute approximate surface area is 187 Å². The Bertz CT molecular complexity index is 1130. The van der Waals surface area contributed by atoms with E-state index < -0.39 is 12.0 Å². The number of pyridine rings is 1. The fourth-order valence-electron chi connectivity index (χ4n) is 4.21. The van der Waals surface area contributed by atoms with Crippen molar-refractivity contribution in [1.29, 1.82) is 0 Å². The van der Waals surface area contributed by atoms with E-state index >= 15 is 0 Å². The summed E-state index contributed by atoms with van der Waals surface area (Å²) >= 11 is 0. The van der Waals surface area contributed by atoms with Gasteiger partial charge in [-0.2, -0.15) is 0 Å². The smallest absolute Gasteiger partial charge is 0.254 e. The quantitative estimate of drug-likeness (QED) is 0.648. The number of rotatable bonds is 6. The molecule has 1 N–H and O–H groups in total. The van der Waals surface area contributed by atoms with Gasteiger partial charge in [-0.3, -0.25) is 14.6 Å². The van der Waals surface area contributed by atoms with Crippen molar-refractivity contribution in [1.82, 2.24) is 15.2 Å². The second kappa shape index (κ2) is 9.09. The summed E-state index contributed by atoms with van der Waals surface area (Å²) in [5, 5.41) is 3.02. The molecule has 1 aromatic heterocycles. The lowest BCUT2D eigenvalue weighted by atomic mass is 9.79. The molecule has 7 heteroatoms. The van der Waals surface area contributed by atoms with E-state index in [2.05, 4.69) is 10.3 Å². The lowest BCUT2D eigenvalue weighted by Gasteiger charge is -2.40. The lowest BCUT2D eigenvalue weighted by Crippen LogP contribution is -2.45. The zero-order valence-corrected chi connectivity index (χ0v) is 18.2. The highest BCUT2D eigenvalue weighted by atomic mass is 16.5. The van der Waals surface area contributed by atoms with Crippen LogP contribution in [0.4, 0.5) is 0 Å². The standard InChI is InChI=1S/C25H25N3O4/c1-28-23(17-10-11-20(31-2)21(13-17)32-3)22(18-8-4-5-9-19(18)25(28)30)24(29)27-15-16-7-6-12-26-14-16/h4-14,22-23H,15H2,1-3H3,(H,27,29)/t22-,23+/m1/s1. The third kappa shape index (κ3) is 3.89. The topological polar surface area (TPSA) is 80.8 Å². The van der Waals surface area contributed by atoms with E-state index in [1.807, 2.05) is 42.5 Å². The van der Waals surface area contributed by atoms with Crippen molar-refractivity contribution in [2.75, 3.05) is 21.3 Å². The number of benzene rings is 2. The van der Waals surface area contributed by atoms with Gasteiger partial charge in [-0.1, -0.05) is 30.3 Å². The van der Waals surface area contributed by atoms with Gasteiger partial charge in [-0.15, -0.1) is 0 Å². The van der Waals surface area contributed by atoms with Gasteiger partial charge in [0.2, 0.25) is 5.91 Å². The maximum atomic E-state index is 13.5. The van der Waals surface area contributed by atoms with Crippen molar-refractivity contribution in [3.05, 3.63) is 89.2 Å². The molecule has 1 aliphatic heterocycles. The predicted octanol–water partition coefficient (Wildman–Crippen LogP) is 3.33. The van der Waals surface area contributed by atoms with E-state index in [1.165, 1.54) is 0 Å². The van der Waals surface area contributed by atoms with Crippen molar-refractivity contribution in [3.63, 3.8) is 0 Å². The summed E-state index contributed by atoms with van der Waals surface area (Å²) in [6.07, 6.45) is 3.41. The van der Waals surface area contributed by atoms with Gasteiger partial charge in [0.05, 0.1) is 26.2 Å². The second-order valence-corrected chi connectivity index (χ2v) is 7.62. The minimum atomic E-state index is -0.594. The van der Waals surface area contributed by atoms with Crippen molar-refractivity contribution >= 4 is 11.8 Å². The SMILES string of the molecule is COc1ccc([C@H]2[C@H](C(=O)NCc3cccnc3)c3ccccc3C(=O)N2C)cc1OC. The third-order valence-electron chi connectivity index (χ3n) is 5.80. The summed E-state index contributed by atoms with van der Waals surface area (Å²) < 4.78 is 10.8. The van der Waals surface area contributed by atoms with Crippen molar-refractivity contribution in [2.45, 2.75) is 18.5 Å². The van der Waals surface area contributed by atoms with E-state index in [1.54, 1.807) is 50.7 Å². The molecule has 0 fully saturated rings. The summed E-state index contributed by atoms with van der Waals surface area (Å²) in [4.78, 5) is 32.4. The molecule has 0 unspecified atom stereocenters. The lowest BCUT2D eigenvalue weighted by molar-refractivity contribution is -0.124. The monoisotopic (exact) mass is 431 g/mol. The van der Waals surface area contributed by atoms with Crippen molar-refractivity contribution < 1.29 is 19.1 Å². The molecular formula is C25H25N3O4. The number of ether oxygens (including phenoxy) is 2. The Morgan fingerprint density at radius 1 is 1.06 bits per heavy atom. The van der Waals surface area contributed by atoms with Crippen LogP contribution in [0.3, 0.4) is 0 Å². The highest BCUT2D eigenvalue weighted by Gasteiger charge is 2.42.